The standard InChI is InChI=1S/C23H19ClN2O2S2/c1-15-8-9-19-17(13-15)23(22(28)25(19)14-16-5-2-3-6-18(16)24)26(10-12-30-23)21(27)20-7-4-11-29-20/h2-9,11,13H,10,12,14H2,1H3/t23-/m1/s1. The molecular weight excluding hydrogens is 436 g/mol. The molecule has 1 atom stereocenters. The number of rotatable bonds is 3. The van der Waals surface area contributed by atoms with Gasteiger partial charge in [-0.1, -0.05) is 53.6 Å². The van der Waals surface area contributed by atoms with Gasteiger partial charge in [0.15, 0.2) is 4.87 Å². The summed E-state index contributed by atoms with van der Waals surface area (Å²) in [6.45, 7) is 2.93. The number of halogens is 1. The fourth-order valence-corrected chi connectivity index (χ4v) is 6.54. The highest BCUT2D eigenvalue weighted by Crippen LogP contribution is 2.55. The molecule has 0 unspecified atom stereocenters. The molecule has 7 heteroatoms. The van der Waals surface area contributed by atoms with Gasteiger partial charge < -0.3 is 9.80 Å². The van der Waals surface area contributed by atoms with Crippen LogP contribution in [0.4, 0.5) is 5.69 Å². The average molecular weight is 455 g/mol. The van der Waals surface area contributed by atoms with Crippen molar-refractivity contribution in [1.82, 2.24) is 4.90 Å². The topological polar surface area (TPSA) is 40.6 Å². The minimum Gasteiger partial charge on any atom is -0.310 e. The van der Waals surface area contributed by atoms with Gasteiger partial charge in [0.05, 0.1) is 17.1 Å². The number of benzene rings is 2. The first-order chi connectivity index (χ1) is 14.5. The molecular formula is C23H19ClN2O2S2. The van der Waals surface area contributed by atoms with E-state index in [4.69, 9.17) is 11.6 Å². The third kappa shape index (κ3) is 2.89. The molecule has 3 heterocycles. The van der Waals surface area contributed by atoms with Crippen LogP contribution in [0.1, 0.15) is 26.4 Å². The van der Waals surface area contributed by atoms with Gasteiger partial charge in [-0.3, -0.25) is 9.59 Å². The lowest BCUT2D eigenvalue weighted by Gasteiger charge is -2.33. The molecule has 0 N–H and O–H groups in total. The monoisotopic (exact) mass is 454 g/mol. The second-order valence-corrected chi connectivity index (χ2v) is 10.1. The van der Waals surface area contributed by atoms with Crippen molar-refractivity contribution in [3.05, 3.63) is 86.6 Å². The summed E-state index contributed by atoms with van der Waals surface area (Å²) in [6.07, 6.45) is 0. The highest BCUT2D eigenvalue weighted by molar-refractivity contribution is 8.01. The van der Waals surface area contributed by atoms with Crippen LogP contribution in [0.2, 0.25) is 5.02 Å². The Morgan fingerprint density at radius 1 is 1.17 bits per heavy atom. The van der Waals surface area contributed by atoms with E-state index in [2.05, 4.69) is 0 Å². The molecule has 2 aliphatic heterocycles. The molecule has 0 aliphatic carbocycles. The molecule has 0 bridgehead atoms. The van der Waals surface area contributed by atoms with E-state index < -0.39 is 4.87 Å². The summed E-state index contributed by atoms with van der Waals surface area (Å²) in [5, 5.41) is 2.52. The van der Waals surface area contributed by atoms with Crippen LogP contribution in [0, 0.1) is 6.92 Å². The summed E-state index contributed by atoms with van der Waals surface area (Å²) >= 11 is 9.35. The quantitative estimate of drug-likeness (QED) is 0.539. The van der Waals surface area contributed by atoms with Gasteiger partial charge in [-0.25, -0.2) is 0 Å². The molecule has 4 nitrogen and oxygen atoms in total. The van der Waals surface area contributed by atoms with Crippen LogP contribution in [0.3, 0.4) is 0 Å². The lowest BCUT2D eigenvalue weighted by molar-refractivity contribution is -0.123. The van der Waals surface area contributed by atoms with Gasteiger partial charge in [0.25, 0.3) is 11.8 Å². The average Bonchev–Trinajstić information content (AvgIpc) is 3.47. The minimum absolute atomic E-state index is 0.0737. The van der Waals surface area contributed by atoms with Gasteiger partial charge in [-0.2, -0.15) is 0 Å². The maximum atomic E-state index is 14.0. The fourth-order valence-electron chi connectivity index (χ4n) is 4.22. The summed E-state index contributed by atoms with van der Waals surface area (Å²) in [6, 6.07) is 17.3. The summed E-state index contributed by atoms with van der Waals surface area (Å²) in [5.41, 5.74) is 3.70. The van der Waals surface area contributed by atoms with Crippen LogP contribution in [0.5, 0.6) is 0 Å². The lowest BCUT2D eigenvalue weighted by Crippen LogP contribution is -2.50. The van der Waals surface area contributed by atoms with E-state index in [0.29, 0.717) is 23.0 Å². The molecule has 2 aliphatic rings. The number of carbonyl (C=O) groups excluding carboxylic acids is 2. The second-order valence-electron chi connectivity index (χ2n) is 7.43. The van der Waals surface area contributed by atoms with Gasteiger partial charge in [-0.05, 0) is 36.1 Å². The number of amides is 2. The van der Waals surface area contributed by atoms with Crippen LogP contribution in [-0.4, -0.2) is 29.0 Å². The SMILES string of the molecule is Cc1ccc2c(c1)[C@@]1(SCCN1C(=O)c1cccs1)C(=O)N2Cc1ccccc1Cl. The fraction of sp³-hybridized carbons (Fsp3) is 0.217. The zero-order valence-corrected chi connectivity index (χ0v) is 18.7. The Labute approximate surface area is 188 Å². The molecule has 3 aromatic rings. The number of carbonyl (C=O) groups is 2. The van der Waals surface area contributed by atoms with Crippen molar-refractivity contribution in [3.63, 3.8) is 0 Å². The number of hydrogen-bond donors (Lipinski definition) is 0. The van der Waals surface area contributed by atoms with Crippen molar-refractivity contribution in [2.45, 2.75) is 18.3 Å². The highest BCUT2D eigenvalue weighted by Gasteiger charge is 2.59. The van der Waals surface area contributed by atoms with Crippen LogP contribution in [-0.2, 0) is 16.2 Å². The predicted octanol–water partition coefficient (Wildman–Crippen LogP) is 5.30. The molecule has 1 fully saturated rings. The second kappa shape index (κ2) is 7.45. The molecule has 0 saturated carbocycles. The molecule has 1 aromatic heterocycles. The van der Waals surface area contributed by atoms with E-state index in [0.717, 1.165) is 28.1 Å². The van der Waals surface area contributed by atoms with Gasteiger partial charge in [-0.15, -0.1) is 23.1 Å². The van der Waals surface area contributed by atoms with Crippen LogP contribution < -0.4 is 4.90 Å². The molecule has 1 spiro atoms. The van der Waals surface area contributed by atoms with E-state index in [1.54, 1.807) is 21.6 Å². The molecule has 152 valence electrons. The number of anilines is 1. The Kier molecular flexibility index (Phi) is 4.88. The number of fused-ring (bicyclic) bond motifs is 2. The third-order valence-electron chi connectivity index (χ3n) is 5.61. The first-order valence-corrected chi connectivity index (χ1v) is 11.9. The largest absolute Gasteiger partial charge is 0.310 e. The highest BCUT2D eigenvalue weighted by atomic mass is 35.5. The molecule has 2 aromatic carbocycles. The maximum absolute atomic E-state index is 14.0. The van der Waals surface area contributed by atoms with E-state index >= 15 is 0 Å². The lowest BCUT2D eigenvalue weighted by atomic mass is 10.0. The van der Waals surface area contributed by atoms with Gasteiger partial charge in [0.2, 0.25) is 0 Å². The number of nitrogens with zero attached hydrogens (tertiary/aromatic N) is 2. The van der Waals surface area contributed by atoms with E-state index in [1.165, 1.54) is 11.3 Å². The van der Waals surface area contributed by atoms with Crippen LogP contribution in [0.15, 0.2) is 60.0 Å². The van der Waals surface area contributed by atoms with Crippen molar-refractivity contribution < 1.29 is 9.59 Å². The number of hydrogen-bond acceptors (Lipinski definition) is 4. The first kappa shape index (κ1) is 19.7. The van der Waals surface area contributed by atoms with Gasteiger partial charge >= 0.3 is 0 Å². The predicted molar refractivity (Wildman–Crippen MR) is 123 cm³/mol. The number of thiophene rings is 1. The Bertz CT molecular complexity index is 1150. The van der Waals surface area contributed by atoms with Crippen LogP contribution in [0.25, 0.3) is 0 Å². The van der Waals surface area contributed by atoms with E-state index in [1.807, 2.05) is 66.9 Å². The molecule has 5 rings (SSSR count). The molecule has 1 saturated heterocycles. The summed E-state index contributed by atoms with van der Waals surface area (Å²) in [5.74, 6) is 0.557. The number of aryl methyl sites for hydroxylation is 1. The Balaban J connectivity index is 1.62. The maximum Gasteiger partial charge on any atom is 0.268 e. The van der Waals surface area contributed by atoms with Crippen LogP contribution >= 0.6 is 34.7 Å². The van der Waals surface area contributed by atoms with Crippen molar-refractivity contribution in [1.29, 1.82) is 0 Å². The van der Waals surface area contributed by atoms with Gasteiger partial charge in [0, 0.05) is 22.9 Å². The Hall–Kier alpha value is -2.28. The third-order valence-corrected chi connectivity index (χ3v) is 8.26. The number of thioether (sulfide) groups is 1. The zero-order valence-electron chi connectivity index (χ0n) is 16.3. The minimum atomic E-state index is -1.02. The first-order valence-electron chi connectivity index (χ1n) is 9.68. The summed E-state index contributed by atoms with van der Waals surface area (Å²) in [7, 11) is 0. The van der Waals surface area contributed by atoms with Crippen molar-refractivity contribution in [2.75, 3.05) is 17.2 Å². The van der Waals surface area contributed by atoms with Crippen molar-refractivity contribution in [2.24, 2.45) is 0 Å². The van der Waals surface area contributed by atoms with Gasteiger partial charge in [0.1, 0.15) is 0 Å². The Morgan fingerprint density at radius 2 is 2.00 bits per heavy atom. The van der Waals surface area contributed by atoms with E-state index in [9.17, 15) is 9.59 Å². The summed E-state index contributed by atoms with van der Waals surface area (Å²) in [4.78, 5) is 30.5. The smallest absolute Gasteiger partial charge is 0.268 e. The van der Waals surface area contributed by atoms with Crippen molar-refractivity contribution >= 4 is 52.2 Å². The molecule has 0 radical (unpaired) electrons. The molecule has 2 amide bonds. The van der Waals surface area contributed by atoms with E-state index in [-0.39, 0.29) is 11.8 Å². The molecule has 30 heavy (non-hydrogen) atoms. The summed E-state index contributed by atoms with van der Waals surface area (Å²) < 4.78 is 0. The van der Waals surface area contributed by atoms with Crippen molar-refractivity contribution in [3.8, 4) is 0 Å². The Morgan fingerprint density at radius 3 is 2.77 bits per heavy atom. The normalized spacial score (nSPS) is 20.3. The zero-order chi connectivity index (χ0) is 20.9.